The van der Waals surface area contributed by atoms with Crippen molar-refractivity contribution in [3.63, 3.8) is 0 Å². The number of aryl methyl sites for hydroxylation is 1. The maximum atomic E-state index is 13.3. The Morgan fingerprint density at radius 3 is 2.44 bits per heavy atom. The molecule has 0 saturated carbocycles. The number of pyridine rings is 2. The summed E-state index contributed by atoms with van der Waals surface area (Å²) in [5.74, 6) is -1.94. The Bertz CT molecular complexity index is 1110. The van der Waals surface area contributed by atoms with E-state index in [0.717, 1.165) is 11.5 Å². The molecule has 5 nitrogen and oxygen atoms in total. The standard InChI is InChI=1S/C16H10Cl3F3N4O/c1-6-3-4-23-10(7(2)16(20,21)22)11(6)26-14-8(12(18)25-15(26)27)5-9(17)13(19)24-14/h3-5,7H,1-2H3. The van der Waals surface area contributed by atoms with Gasteiger partial charge in [0, 0.05) is 6.20 Å². The third-order valence-electron chi connectivity index (χ3n) is 4.01. The van der Waals surface area contributed by atoms with Gasteiger partial charge in [0.1, 0.15) is 10.3 Å². The zero-order valence-corrected chi connectivity index (χ0v) is 16.0. The van der Waals surface area contributed by atoms with Crippen LogP contribution in [0.5, 0.6) is 0 Å². The maximum absolute atomic E-state index is 13.3. The zero-order chi connectivity index (χ0) is 20.1. The SMILES string of the molecule is Cc1ccnc(C(C)C(F)(F)F)c1-n1c(=O)nc(Cl)c2cc(Cl)c(Cl)nc21. The van der Waals surface area contributed by atoms with Gasteiger partial charge in [-0.2, -0.15) is 18.2 Å². The van der Waals surface area contributed by atoms with E-state index in [2.05, 4.69) is 15.0 Å². The van der Waals surface area contributed by atoms with Gasteiger partial charge in [-0.05, 0) is 31.5 Å². The van der Waals surface area contributed by atoms with Crippen LogP contribution in [0.15, 0.2) is 23.1 Å². The van der Waals surface area contributed by atoms with Crippen molar-refractivity contribution >= 4 is 45.8 Å². The molecule has 3 aromatic heterocycles. The predicted molar refractivity (Wildman–Crippen MR) is 97.2 cm³/mol. The molecule has 0 aliphatic heterocycles. The molecule has 0 saturated heterocycles. The van der Waals surface area contributed by atoms with Crippen molar-refractivity contribution in [1.29, 1.82) is 0 Å². The molecule has 0 amide bonds. The first-order valence-corrected chi connectivity index (χ1v) is 8.62. The molecule has 0 N–H and O–H groups in total. The lowest BCUT2D eigenvalue weighted by molar-refractivity contribution is -0.147. The van der Waals surface area contributed by atoms with E-state index in [-0.39, 0.29) is 37.7 Å². The molecule has 0 aliphatic rings. The van der Waals surface area contributed by atoms with E-state index in [9.17, 15) is 18.0 Å². The number of nitrogens with zero attached hydrogens (tertiary/aromatic N) is 4. The highest BCUT2D eigenvalue weighted by atomic mass is 35.5. The average Bonchev–Trinajstić information content (AvgIpc) is 2.56. The summed E-state index contributed by atoms with van der Waals surface area (Å²) in [6.07, 6.45) is -3.33. The van der Waals surface area contributed by atoms with E-state index in [1.165, 1.54) is 18.3 Å². The second kappa shape index (κ2) is 6.92. The van der Waals surface area contributed by atoms with Gasteiger partial charge in [-0.3, -0.25) is 4.98 Å². The minimum atomic E-state index is -4.57. The predicted octanol–water partition coefficient (Wildman–Crippen LogP) is 5.11. The topological polar surface area (TPSA) is 60.7 Å². The van der Waals surface area contributed by atoms with Gasteiger partial charge in [-0.25, -0.2) is 14.3 Å². The highest BCUT2D eigenvalue weighted by Gasteiger charge is 2.40. The summed E-state index contributed by atoms with van der Waals surface area (Å²) < 4.78 is 40.9. The minimum Gasteiger partial charge on any atom is -0.258 e. The molecule has 0 aromatic carbocycles. The van der Waals surface area contributed by atoms with E-state index in [1.807, 2.05) is 0 Å². The fraction of sp³-hybridized carbons (Fsp3) is 0.250. The van der Waals surface area contributed by atoms with Crippen LogP contribution in [0.25, 0.3) is 16.7 Å². The lowest BCUT2D eigenvalue weighted by atomic mass is 10.0. The Balaban J connectivity index is 2.48. The quantitative estimate of drug-likeness (QED) is 0.413. The maximum Gasteiger partial charge on any atom is 0.397 e. The Labute approximate surface area is 165 Å². The highest BCUT2D eigenvalue weighted by Crippen LogP contribution is 2.37. The fourth-order valence-corrected chi connectivity index (χ4v) is 3.10. The molecule has 3 heterocycles. The average molecular weight is 438 g/mol. The summed E-state index contributed by atoms with van der Waals surface area (Å²) in [6, 6.07) is 2.82. The monoisotopic (exact) mass is 436 g/mol. The number of aromatic nitrogens is 4. The molecular formula is C16H10Cl3F3N4O. The van der Waals surface area contributed by atoms with Crippen molar-refractivity contribution < 1.29 is 13.2 Å². The van der Waals surface area contributed by atoms with Crippen molar-refractivity contribution in [2.75, 3.05) is 0 Å². The number of hydrogen-bond acceptors (Lipinski definition) is 4. The van der Waals surface area contributed by atoms with E-state index in [4.69, 9.17) is 34.8 Å². The van der Waals surface area contributed by atoms with Crippen LogP contribution >= 0.6 is 34.8 Å². The smallest absolute Gasteiger partial charge is 0.258 e. The molecule has 3 rings (SSSR count). The first kappa shape index (κ1) is 19.9. The Kier molecular flexibility index (Phi) is 5.09. The van der Waals surface area contributed by atoms with E-state index >= 15 is 0 Å². The van der Waals surface area contributed by atoms with Crippen LogP contribution in [0.4, 0.5) is 13.2 Å². The van der Waals surface area contributed by atoms with Crippen LogP contribution in [-0.2, 0) is 0 Å². The molecule has 0 bridgehead atoms. The van der Waals surface area contributed by atoms with E-state index < -0.39 is 17.8 Å². The Morgan fingerprint density at radius 1 is 1.15 bits per heavy atom. The van der Waals surface area contributed by atoms with Gasteiger partial charge in [0.05, 0.1) is 27.7 Å². The summed E-state index contributed by atoms with van der Waals surface area (Å²) in [5.41, 5.74) is -1.03. The molecule has 1 atom stereocenters. The van der Waals surface area contributed by atoms with E-state index in [0.29, 0.717) is 5.56 Å². The van der Waals surface area contributed by atoms with Crippen molar-refractivity contribution in [2.24, 2.45) is 0 Å². The van der Waals surface area contributed by atoms with Crippen LogP contribution in [0.2, 0.25) is 15.3 Å². The lowest BCUT2D eigenvalue weighted by Gasteiger charge is -2.21. The van der Waals surface area contributed by atoms with Crippen molar-refractivity contribution in [2.45, 2.75) is 25.9 Å². The van der Waals surface area contributed by atoms with Crippen molar-refractivity contribution in [3.05, 3.63) is 55.4 Å². The molecule has 0 aliphatic carbocycles. The third-order valence-corrected chi connectivity index (χ3v) is 4.97. The molecule has 27 heavy (non-hydrogen) atoms. The van der Waals surface area contributed by atoms with Gasteiger partial charge >= 0.3 is 11.9 Å². The second-order valence-corrected chi connectivity index (χ2v) is 6.90. The molecule has 0 fully saturated rings. The first-order valence-electron chi connectivity index (χ1n) is 7.49. The number of alkyl halides is 3. The molecule has 1 unspecified atom stereocenters. The normalized spacial score (nSPS) is 13.2. The number of fused-ring (bicyclic) bond motifs is 1. The van der Waals surface area contributed by atoms with Gasteiger partial charge in [-0.1, -0.05) is 34.8 Å². The van der Waals surface area contributed by atoms with Crippen molar-refractivity contribution in [1.82, 2.24) is 19.5 Å². The zero-order valence-electron chi connectivity index (χ0n) is 13.8. The van der Waals surface area contributed by atoms with Gasteiger partial charge in [0.15, 0.2) is 5.65 Å². The van der Waals surface area contributed by atoms with Crippen LogP contribution in [0.1, 0.15) is 24.1 Å². The highest BCUT2D eigenvalue weighted by molar-refractivity contribution is 6.42. The van der Waals surface area contributed by atoms with Gasteiger partial charge in [0.2, 0.25) is 0 Å². The second-order valence-electron chi connectivity index (χ2n) is 5.78. The fourth-order valence-electron chi connectivity index (χ4n) is 2.60. The van der Waals surface area contributed by atoms with Crippen LogP contribution < -0.4 is 5.69 Å². The molecule has 0 radical (unpaired) electrons. The molecule has 0 spiro atoms. The van der Waals surface area contributed by atoms with Gasteiger partial charge < -0.3 is 0 Å². The van der Waals surface area contributed by atoms with Crippen LogP contribution in [0.3, 0.4) is 0 Å². The lowest BCUT2D eigenvalue weighted by Crippen LogP contribution is -2.27. The molecule has 142 valence electrons. The number of rotatable bonds is 2. The Hall–Kier alpha value is -1.90. The summed E-state index contributed by atoms with van der Waals surface area (Å²) in [7, 11) is 0. The van der Waals surface area contributed by atoms with E-state index in [1.54, 1.807) is 6.92 Å². The molecule has 3 aromatic rings. The molecule has 11 heteroatoms. The minimum absolute atomic E-state index is 0.0601. The number of halogens is 6. The van der Waals surface area contributed by atoms with Crippen LogP contribution in [-0.4, -0.2) is 25.7 Å². The van der Waals surface area contributed by atoms with Gasteiger partial charge in [-0.15, -0.1) is 0 Å². The largest absolute Gasteiger partial charge is 0.397 e. The summed E-state index contributed by atoms with van der Waals surface area (Å²) in [6.45, 7) is 2.51. The summed E-state index contributed by atoms with van der Waals surface area (Å²) >= 11 is 17.9. The third kappa shape index (κ3) is 3.49. The summed E-state index contributed by atoms with van der Waals surface area (Å²) in [5, 5.41) is -0.0970. The first-order chi connectivity index (χ1) is 12.5. The van der Waals surface area contributed by atoms with Gasteiger partial charge in [0.25, 0.3) is 0 Å². The Morgan fingerprint density at radius 2 is 1.81 bits per heavy atom. The van der Waals surface area contributed by atoms with Crippen molar-refractivity contribution in [3.8, 4) is 5.69 Å². The number of hydrogen-bond donors (Lipinski definition) is 0. The van der Waals surface area contributed by atoms with Crippen LogP contribution in [0, 0.1) is 6.92 Å². The molecular weight excluding hydrogens is 428 g/mol. The summed E-state index contributed by atoms with van der Waals surface area (Å²) in [4.78, 5) is 24.1.